The van der Waals surface area contributed by atoms with Crippen LogP contribution >= 0.6 is 0 Å². The van der Waals surface area contributed by atoms with E-state index in [2.05, 4.69) is 42.7 Å². The van der Waals surface area contributed by atoms with Gasteiger partial charge < -0.3 is 14.7 Å². The van der Waals surface area contributed by atoms with E-state index in [4.69, 9.17) is 0 Å². The molecule has 1 aliphatic carbocycles. The lowest BCUT2D eigenvalue weighted by Crippen LogP contribution is -2.36. The standard InChI is InChI=1S/C23H25N5O/c29-22-9-16-12-27(13-17-10-25-23-18(17)4-3-7-24-23)11-15(16)8-21(22)28-14-26-19-5-1-2-6-20(19)28/h1-7,10,14-16,21-22,29H,8-9,11-13H2,(H,24,25)/t15-,16+,21-,22-/m1/s1. The molecule has 1 aliphatic heterocycles. The number of aliphatic hydroxyl groups excluding tert-OH is 1. The van der Waals surface area contributed by atoms with Crippen molar-refractivity contribution in [2.24, 2.45) is 11.8 Å². The highest BCUT2D eigenvalue weighted by Crippen LogP contribution is 2.42. The number of fused-ring (bicyclic) bond motifs is 3. The van der Waals surface area contributed by atoms with E-state index in [1.807, 2.05) is 36.8 Å². The average Bonchev–Trinajstić information content (AvgIpc) is 3.44. The number of pyridine rings is 1. The monoisotopic (exact) mass is 387 g/mol. The third-order valence-corrected chi connectivity index (χ3v) is 6.95. The topological polar surface area (TPSA) is 70.0 Å². The maximum atomic E-state index is 11.0. The van der Waals surface area contributed by atoms with Crippen LogP contribution in [0.3, 0.4) is 0 Å². The summed E-state index contributed by atoms with van der Waals surface area (Å²) >= 11 is 0. The van der Waals surface area contributed by atoms with Crippen molar-refractivity contribution in [3.05, 3.63) is 60.7 Å². The fraction of sp³-hybridized carbons (Fsp3) is 0.391. The highest BCUT2D eigenvalue weighted by Gasteiger charge is 2.42. The molecule has 0 radical (unpaired) electrons. The molecule has 2 N–H and O–H groups in total. The molecule has 6 rings (SSSR count). The number of rotatable bonds is 3. The summed E-state index contributed by atoms with van der Waals surface area (Å²) in [4.78, 5) is 14.8. The van der Waals surface area contributed by atoms with Gasteiger partial charge in [-0.2, -0.15) is 0 Å². The molecule has 0 unspecified atom stereocenters. The summed E-state index contributed by atoms with van der Waals surface area (Å²) in [6, 6.07) is 12.5. The Labute approximate surface area is 169 Å². The molecule has 1 aromatic carbocycles. The lowest BCUT2D eigenvalue weighted by Gasteiger charge is -2.36. The van der Waals surface area contributed by atoms with Gasteiger partial charge in [0.2, 0.25) is 0 Å². The zero-order valence-corrected chi connectivity index (χ0v) is 16.3. The summed E-state index contributed by atoms with van der Waals surface area (Å²) in [5.74, 6) is 1.19. The smallest absolute Gasteiger partial charge is 0.137 e. The molecule has 0 spiro atoms. The van der Waals surface area contributed by atoms with Crippen LogP contribution in [0.2, 0.25) is 0 Å². The molecule has 4 heterocycles. The van der Waals surface area contributed by atoms with E-state index in [9.17, 15) is 5.11 Å². The second-order valence-electron chi connectivity index (χ2n) is 8.67. The molecule has 0 amide bonds. The molecule has 0 bridgehead atoms. The number of nitrogens with zero attached hydrogens (tertiary/aromatic N) is 4. The first-order valence-corrected chi connectivity index (χ1v) is 10.5. The number of aromatic amines is 1. The minimum atomic E-state index is -0.314. The number of imidazole rings is 1. The van der Waals surface area contributed by atoms with Crippen LogP contribution in [-0.4, -0.2) is 48.7 Å². The second kappa shape index (κ2) is 6.68. The Morgan fingerprint density at radius 1 is 1.03 bits per heavy atom. The van der Waals surface area contributed by atoms with E-state index >= 15 is 0 Å². The van der Waals surface area contributed by atoms with Crippen LogP contribution in [0.25, 0.3) is 22.1 Å². The van der Waals surface area contributed by atoms with Crippen molar-refractivity contribution in [3.8, 4) is 0 Å². The summed E-state index contributed by atoms with van der Waals surface area (Å²) in [6.45, 7) is 3.09. The first-order chi connectivity index (χ1) is 14.3. The number of para-hydroxylation sites is 2. The molecular formula is C23H25N5O. The Balaban J connectivity index is 1.22. The first-order valence-electron chi connectivity index (χ1n) is 10.5. The van der Waals surface area contributed by atoms with Crippen molar-refractivity contribution in [1.29, 1.82) is 0 Å². The molecule has 2 aliphatic rings. The molecule has 6 heteroatoms. The molecule has 4 atom stereocenters. The maximum Gasteiger partial charge on any atom is 0.137 e. The van der Waals surface area contributed by atoms with Gasteiger partial charge in [0.1, 0.15) is 5.65 Å². The van der Waals surface area contributed by atoms with Crippen molar-refractivity contribution >= 4 is 22.1 Å². The van der Waals surface area contributed by atoms with Gasteiger partial charge in [-0.15, -0.1) is 0 Å². The molecule has 148 valence electrons. The minimum absolute atomic E-state index is 0.112. The van der Waals surface area contributed by atoms with E-state index in [-0.39, 0.29) is 12.1 Å². The summed E-state index contributed by atoms with van der Waals surface area (Å²) in [6.07, 6.45) is 7.39. The van der Waals surface area contributed by atoms with Crippen LogP contribution in [0.5, 0.6) is 0 Å². The van der Waals surface area contributed by atoms with Crippen molar-refractivity contribution in [1.82, 2.24) is 24.4 Å². The summed E-state index contributed by atoms with van der Waals surface area (Å²) in [5, 5.41) is 12.2. The van der Waals surface area contributed by atoms with Crippen LogP contribution in [0.15, 0.2) is 55.1 Å². The van der Waals surface area contributed by atoms with Crippen molar-refractivity contribution in [2.45, 2.75) is 31.5 Å². The predicted molar refractivity (Wildman–Crippen MR) is 112 cm³/mol. The van der Waals surface area contributed by atoms with Gasteiger partial charge in [0.25, 0.3) is 0 Å². The van der Waals surface area contributed by atoms with E-state index in [1.54, 1.807) is 0 Å². The number of likely N-dealkylation sites (tertiary alicyclic amines) is 1. The zero-order valence-electron chi connectivity index (χ0n) is 16.3. The predicted octanol–water partition coefficient (Wildman–Crippen LogP) is 3.36. The molecule has 1 saturated carbocycles. The van der Waals surface area contributed by atoms with Gasteiger partial charge >= 0.3 is 0 Å². The van der Waals surface area contributed by atoms with E-state index in [1.165, 1.54) is 10.9 Å². The fourth-order valence-electron chi connectivity index (χ4n) is 5.56. The second-order valence-corrected chi connectivity index (χ2v) is 8.67. The molecular weight excluding hydrogens is 362 g/mol. The molecule has 3 aromatic heterocycles. The Kier molecular flexibility index (Phi) is 3.96. The van der Waals surface area contributed by atoms with Gasteiger partial charge in [0.05, 0.1) is 29.5 Å². The molecule has 6 nitrogen and oxygen atoms in total. The summed E-state index contributed by atoms with van der Waals surface area (Å²) < 4.78 is 2.20. The minimum Gasteiger partial charge on any atom is -0.391 e. The Bertz CT molecular complexity index is 1160. The number of hydrogen-bond acceptors (Lipinski definition) is 4. The highest BCUT2D eigenvalue weighted by molar-refractivity contribution is 5.79. The number of nitrogens with one attached hydrogen (secondary N) is 1. The van der Waals surface area contributed by atoms with Gasteiger partial charge in [-0.1, -0.05) is 12.1 Å². The molecule has 4 aromatic rings. The van der Waals surface area contributed by atoms with E-state index in [0.717, 1.165) is 49.2 Å². The van der Waals surface area contributed by atoms with E-state index < -0.39 is 0 Å². The molecule has 29 heavy (non-hydrogen) atoms. The van der Waals surface area contributed by atoms with Gasteiger partial charge in [-0.3, -0.25) is 4.90 Å². The van der Waals surface area contributed by atoms with Crippen LogP contribution in [-0.2, 0) is 6.54 Å². The number of benzene rings is 1. The third-order valence-electron chi connectivity index (χ3n) is 6.95. The molecule has 2 fully saturated rings. The lowest BCUT2D eigenvalue weighted by molar-refractivity contribution is 0.0374. The number of aliphatic hydroxyl groups is 1. The van der Waals surface area contributed by atoms with Gasteiger partial charge in [0, 0.05) is 37.4 Å². The lowest BCUT2D eigenvalue weighted by atomic mass is 9.77. The van der Waals surface area contributed by atoms with Crippen LogP contribution < -0.4 is 0 Å². The van der Waals surface area contributed by atoms with Crippen molar-refractivity contribution < 1.29 is 5.11 Å². The Morgan fingerprint density at radius 3 is 2.83 bits per heavy atom. The Hall–Kier alpha value is -2.70. The van der Waals surface area contributed by atoms with E-state index in [0.29, 0.717) is 11.8 Å². The van der Waals surface area contributed by atoms with Gasteiger partial charge in [0.15, 0.2) is 0 Å². The number of H-pyrrole nitrogens is 1. The van der Waals surface area contributed by atoms with Crippen molar-refractivity contribution in [3.63, 3.8) is 0 Å². The third kappa shape index (κ3) is 2.86. The van der Waals surface area contributed by atoms with Crippen LogP contribution in [0, 0.1) is 11.8 Å². The normalized spacial score (nSPS) is 27.6. The van der Waals surface area contributed by atoms with Gasteiger partial charge in [-0.25, -0.2) is 9.97 Å². The molecule has 1 saturated heterocycles. The van der Waals surface area contributed by atoms with Crippen molar-refractivity contribution in [2.75, 3.05) is 13.1 Å². The Morgan fingerprint density at radius 2 is 1.90 bits per heavy atom. The fourth-order valence-corrected chi connectivity index (χ4v) is 5.56. The van der Waals surface area contributed by atoms with Crippen LogP contribution in [0.1, 0.15) is 24.4 Å². The largest absolute Gasteiger partial charge is 0.391 e. The quantitative estimate of drug-likeness (QED) is 0.566. The maximum absolute atomic E-state index is 11.0. The van der Waals surface area contributed by atoms with Crippen LogP contribution in [0.4, 0.5) is 0 Å². The summed E-state index contributed by atoms with van der Waals surface area (Å²) in [7, 11) is 0. The number of aromatic nitrogens is 4. The summed E-state index contributed by atoms with van der Waals surface area (Å²) in [5.41, 5.74) is 4.39. The van der Waals surface area contributed by atoms with Gasteiger partial charge in [-0.05, 0) is 54.5 Å². The highest BCUT2D eigenvalue weighted by atomic mass is 16.3. The average molecular weight is 387 g/mol. The number of hydrogen-bond donors (Lipinski definition) is 2. The zero-order chi connectivity index (χ0) is 19.4. The first kappa shape index (κ1) is 17.2. The SMILES string of the molecule is O[C@@H]1C[C@H]2CN(Cc3c[nH]c4ncccc34)C[C@H]2C[C@H]1n1cnc2ccccc21.